The van der Waals surface area contributed by atoms with Gasteiger partial charge in [-0.25, -0.2) is 9.97 Å². The van der Waals surface area contributed by atoms with Gasteiger partial charge in [-0.05, 0) is 51.1 Å². The van der Waals surface area contributed by atoms with E-state index in [0.717, 1.165) is 34.3 Å². The normalized spacial score (nSPS) is 11.5. The second kappa shape index (κ2) is 9.17. The SMILES string of the molecule is Cc1cccc(COc2cc(C)n(-c3ccnc(-c4ccnc(C(C)(C)C)n4)c3)c(=O)c2C)n1. The summed E-state index contributed by atoms with van der Waals surface area (Å²) < 4.78 is 7.63. The van der Waals surface area contributed by atoms with Crippen molar-refractivity contribution in [2.45, 2.75) is 53.6 Å². The predicted octanol–water partition coefficient (Wildman–Crippen LogP) is 4.89. The first-order valence-electron chi connectivity index (χ1n) is 11.2. The summed E-state index contributed by atoms with van der Waals surface area (Å²) in [5.41, 5.74) is 4.85. The van der Waals surface area contributed by atoms with Gasteiger partial charge in [0.2, 0.25) is 0 Å². The molecule has 0 aromatic carbocycles. The van der Waals surface area contributed by atoms with Crippen molar-refractivity contribution in [1.82, 2.24) is 24.5 Å². The van der Waals surface area contributed by atoms with Gasteiger partial charge in [-0.1, -0.05) is 26.8 Å². The van der Waals surface area contributed by atoms with Gasteiger partial charge in [0.05, 0.1) is 28.3 Å². The molecular weight excluding hydrogens is 426 g/mol. The lowest BCUT2D eigenvalue weighted by molar-refractivity contribution is 0.297. The van der Waals surface area contributed by atoms with E-state index in [-0.39, 0.29) is 11.0 Å². The van der Waals surface area contributed by atoms with Crippen LogP contribution < -0.4 is 10.3 Å². The lowest BCUT2D eigenvalue weighted by Gasteiger charge is -2.17. The van der Waals surface area contributed by atoms with E-state index < -0.39 is 0 Å². The fraction of sp³-hybridized carbons (Fsp3) is 0.296. The molecule has 0 radical (unpaired) electrons. The summed E-state index contributed by atoms with van der Waals surface area (Å²) >= 11 is 0. The van der Waals surface area contributed by atoms with Crippen LogP contribution in [-0.4, -0.2) is 24.5 Å². The highest BCUT2D eigenvalue weighted by Crippen LogP contribution is 2.24. The third kappa shape index (κ3) is 4.88. The van der Waals surface area contributed by atoms with Crippen LogP contribution in [0.15, 0.2) is 59.7 Å². The Labute approximate surface area is 199 Å². The zero-order chi connectivity index (χ0) is 24.5. The summed E-state index contributed by atoms with van der Waals surface area (Å²) in [4.78, 5) is 31.4. The van der Waals surface area contributed by atoms with Crippen LogP contribution in [0.5, 0.6) is 5.75 Å². The van der Waals surface area contributed by atoms with Crippen LogP contribution >= 0.6 is 0 Å². The number of aromatic nitrogens is 5. The molecule has 0 spiro atoms. The zero-order valence-electron chi connectivity index (χ0n) is 20.5. The third-order valence-electron chi connectivity index (χ3n) is 5.50. The second-order valence-electron chi connectivity index (χ2n) is 9.39. The first kappa shape index (κ1) is 23.3. The lowest BCUT2D eigenvalue weighted by Crippen LogP contribution is -2.23. The molecule has 0 bridgehead atoms. The number of hydrogen-bond donors (Lipinski definition) is 0. The summed E-state index contributed by atoms with van der Waals surface area (Å²) in [7, 11) is 0. The number of rotatable bonds is 5. The van der Waals surface area contributed by atoms with Crippen LogP contribution in [0.4, 0.5) is 0 Å². The third-order valence-corrected chi connectivity index (χ3v) is 5.50. The van der Waals surface area contributed by atoms with Gasteiger partial charge in [0, 0.05) is 35.3 Å². The summed E-state index contributed by atoms with van der Waals surface area (Å²) in [6, 6.07) is 13.2. The van der Waals surface area contributed by atoms with E-state index >= 15 is 0 Å². The minimum absolute atomic E-state index is 0.137. The fourth-order valence-electron chi connectivity index (χ4n) is 3.66. The van der Waals surface area contributed by atoms with Crippen LogP contribution in [0.3, 0.4) is 0 Å². The molecule has 0 aliphatic carbocycles. The van der Waals surface area contributed by atoms with Gasteiger partial charge < -0.3 is 4.74 Å². The van der Waals surface area contributed by atoms with E-state index in [0.29, 0.717) is 23.6 Å². The highest BCUT2D eigenvalue weighted by molar-refractivity contribution is 5.57. The molecule has 174 valence electrons. The van der Waals surface area contributed by atoms with E-state index in [2.05, 4.69) is 35.7 Å². The van der Waals surface area contributed by atoms with Crippen molar-refractivity contribution in [2.24, 2.45) is 0 Å². The van der Waals surface area contributed by atoms with Crippen LogP contribution in [0.1, 0.15) is 49.2 Å². The average molecular weight is 456 g/mol. The molecule has 34 heavy (non-hydrogen) atoms. The molecule has 0 fully saturated rings. The Bertz CT molecular complexity index is 1400. The molecule has 7 heteroatoms. The molecule has 4 rings (SSSR count). The van der Waals surface area contributed by atoms with Crippen LogP contribution in [0.25, 0.3) is 17.1 Å². The molecule has 0 saturated heterocycles. The summed E-state index contributed by atoms with van der Waals surface area (Å²) in [5.74, 6) is 1.30. The molecule has 4 aromatic heterocycles. The van der Waals surface area contributed by atoms with Crippen molar-refractivity contribution in [3.8, 4) is 22.8 Å². The first-order valence-corrected chi connectivity index (χ1v) is 11.2. The standard InChI is InChI=1S/C27H29N5O2/c1-17-8-7-9-20(30-17)16-34-24-14-18(2)32(25(33)19(24)3)21-10-12-28-23(15-21)22-11-13-29-26(31-22)27(4,5)6/h7-15H,16H2,1-6H3. The van der Waals surface area contributed by atoms with E-state index in [1.807, 2.05) is 56.3 Å². The summed E-state index contributed by atoms with van der Waals surface area (Å²) in [5, 5.41) is 0. The number of aryl methyl sites for hydroxylation is 2. The molecule has 0 N–H and O–H groups in total. The zero-order valence-corrected chi connectivity index (χ0v) is 20.5. The van der Waals surface area contributed by atoms with Gasteiger partial charge in [-0.15, -0.1) is 0 Å². The largest absolute Gasteiger partial charge is 0.487 e. The van der Waals surface area contributed by atoms with E-state index in [9.17, 15) is 4.79 Å². The molecule has 7 nitrogen and oxygen atoms in total. The van der Waals surface area contributed by atoms with Crippen LogP contribution in [0.2, 0.25) is 0 Å². The van der Waals surface area contributed by atoms with Crippen molar-refractivity contribution in [3.63, 3.8) is 0 Å². The van der Waals surface area contributed by atoms with E-state index in [1.165, 1.54) is 0 Å². The van der Waals surface area contributed by atoms with E-state index in [1.54, 1.807) is 23.9 Å². The van der Waals surface area contributed by atoms with Crippen molar-refractivity contribution in [1.29, 1.82) is 0 Å². The molecule has 4 aromatic rings. The molecule has 0 aliphatic rings. The summed E-state index contributed by atoms with van der Waals surface area (Å²) in [6.07, 6.45) is 3.44. The number of pyridine rings is 3. The Kier molecular flexibility index (Phi) is 6.28. The minimum Gasteiger partial charge on any atom is -0.487 e. The van der Waals surface area contributed by atoms with Crippen molar-refractivity contribution in [2.75, 3.05) is 0 Å². The quantitative estimate of drug-likeness (QED) is 0.426. The Balaban J connectivity index is 1.68. The minimum atomic E-state index is -0.179. The molecule has 0 amide bonds. The van der Waals surface area contributed by atoms with Gasteiger partial charge in [0.1, 0.15) is 18.2 Å². The Hall–Kier alpha value is -3.87. The van der Waals surface area contributed by atoms with Crippen molar-refractivity contribution >= 4 is 0 Å². The van der Waals surface area contributed by atoms with Gasteiger partial charge in [-0.3, -0.25) is 19.3 Å². The monoisotopic (exact) mass is 455 g/mol. The smallest absolute Gasteiger partial charge is 0.261 e. The van der Waals surface area contributed by atoms with Gasteiger partial charge in [0.15, 0.2) is 0 Å². The fourth-order valence-corrected chi connectivity index (χ4v) is 3.66. The van der Waals surface area contributed by atoms with Crippen molar-refractivity contribution < 1.29 is 4.74 Å². The van der Waals surface area contributed by atoms with Gasteiger partial charge in [0.25, 0.3) is 5.56 Å². The highest BCUT2D eigenvalue weighted by Gasteiger charge is 2.19. The molecule has 0 aliphatic heterocycles. The number of hydrogen-bond acceptors (Lipinski definition) is 6. The van der Waals surface area contributed by atoms with E-state index in [4.69, 9.17) is 9.72 Å². The van der Waals surface area contributed by atoms with Gasteiger partial charge >= 0.3 is 0 Å². The predicted molar refractivity (Wildman–Crippen MR) is 132 cm³/mol. The Morgan fingerprint density at radius 3 is 2.41 bits per heavy atom. The molecule has 4 heterocycles. The topological polar surface area (TPSA) is 82.8 Å². The maximum atomic E-state index is 13.3. The molecule has 0 unspecified atom stereocenters. The summed E-state index contributed by atoms with van der Waals surface area (Å²) in [6.45, 7) is 12.1. The van der Waals surface area contributed by atoms with Crippen LogP contribution in [-0.2, 0) is 12.0 Å². The Morgan fingerprint density at radius 2 is 1.68 bits per heavy atom. The average Bonchev–Trinajstić information content (AvgIpc) is 2.80. The maximum absolute atomic E-state index is 13.3. The molecule has 0 atom stereocenters. The molecule has 0 saturated carbocycles. The van der Waals surface area contributed by atoms with Gasteiger partial charge in [-0.2, -0.15) is 0 Å². The Morgan fingerprint density at radius 1 is 0.912 bits per heavy atom. The van der Waals surface area contributed by atoms with Crippen LogP contribution in [0, 0.1) is 20.8 Å². The number of nitrogens with zero attached hydrogens (tertiary/aromatic N) is 5. The van der Waals surface area contributed by atoms with Crippen molar-refractivity contribution in [3.05, 3.63) is 93.7 Å². The second-order valence-corrected chi connectivity index (χ2v) is 9.39. The maximum Gasteiger partial charge on any atom is 0.261 e. The highest BCUT2D eigenvalue weighted by atomic mass is 16.5. The number of ether oxygens (including phenoxy) is 1. The first-order chi connectivity index (χ1) is 16.1. The molecular formula is C27H29N5O2. The lowest BCUT2D eigenvalue weighted by atomic mass is 9.95.